The summed E-state index contributed by atoms with van der Waals surface area (Å²) in [6.07, 6.45) is 0. The highest BCUT2D eigenvalue weighted by atomic mass is 16.5. The molecule has 1 saturated heterocycles. The molecule has 6 heteroatoms. The summed E-state index contributed by atoms with van der Waals surface area (Å²) < 4.78 is 5.03. The topological polar surface area (TPSA) is 70.1 Å². The quantitative estimate of drug-likeness (QED) is 0.439. The molecule has 1 N–H and O–H groups in total. The largest absolute Gasteiger partial charge is 0.394 e. The van der Waals surface area contributed by atoms with Crippen LogP contribution in [0.1, 0.15) is 0 Å². The molecule has 1 fully saturated rings. The van der Waals surface area contributed by atoms with E-state index in [1.165, 1.54) is 9.80 Å². The van der Waals surface area contributed by atoms with Crippen molar-refractivity contribution in [1.82, 2.24) is 9.80 Å². The van der Waals surface area contributed by atoms with Gasteiger partial charge in [0.2, 0.25) is 0 Å². The van der Waals surface area contributed by atoms with Crippen LogP contribution in [0.2, 0.25) is 0 Å². The van der Waals surface area contributed by atoms with Crippen LogP contribution in [0.4, 0.5) is 0 Å². The molecule has 15 heavy (non-hydrogen) atoms. The van der Waals surface area contributed by atoms with Gasteiger partial charge in [-0.25, -0.2) is 0 Å². The maximum absolute atomic E-state index is 11.4. The number of ether oxygens (including phenoxy) is 1. The van der Waals surface area contributed by atoms with Gasteiger partial charge < -0.3 is 19.6 Å². The minimum atomic E-state index is -0.476. The molecule has 2 amide bonds. The number of piperazine rings is 1. The lowest BCUT2D eigenvalue weighted by molar-refractivity contribution is -0.155. The fraction of sp³-hybridized carbons (Fsp3) is 0.778. The van der Waals surface area contributed by atoms with Crippen molar-refractivity contribution in [1.29, 1.82) is 0 Å². The van der Waals surface area contributed by atoms with Crippen molar-refractivity contribution in [3.63, 3.8) is 0 Å². The van der Waals surface area contributed by atoms with E-state index in [2.05, 4.69) is 0 Å². The summed E-state index contributed by atoms with van der Waals surface area (Å²) in [6.45, 7) is 2.08. The van der Waals surface area contributed by atoms with Crippen molar-refractivity contribution in [2.45, 2.75) is 0 Å². The van der Waals surface area contributed by atoms with Crippen LogP contribution in [0, 0.1) is 0 Å². The summed E-state index contributed by atoms with van der Waals surface area (Å²) in [4.78, 5) is 25.6. The molecule has 0 unspecified atom stereocenters. The first-order valence-corrected chi connectivity index (χ1v) is 4.89. The number of carbonyl (C=O) groups excluding carboxylic acids is 2. The summed E-state index contributed by atoms with van der Waals surface area (Å²) in [5.74, 6) is -0.945. The summed E-state index contributed by atoms with van der Waals surface area (Å²) in [7, 11) is 1.61. The summed E-state index contributed by atoms with van der Waals surface area (Å²) in [6, 6.07) is 0. The minimum Gasteiger partial charge on any atom is -0.394 e. The molecule has 0 saturated carbocycles. The van der Waals surface area contributed by atoms with Gasteiger partial charge in [-0.2, -0.15) is 0 Å². The van der Waals surface area contributed by atoms with Crippen LogP contribution in [0.3, 0.4) is 0 Å². The predicted octanol–water partition coefficient (Wildman–Crippen LogP) is -1.70. The van der Waals surface area contributed by atoms with Crippen LogP contribution in [0.5, 0.6) is 0 Å². The van der Waals surface area contributed by atoms with E-state index >= 15 is 0 Å². The second-order valence-electron chi connectivity index (χ2n) is 3.35. The van der Waals surface area contributed by atoms with E-state index in [4.69, 9.17) is 9.84 Å². The Kier molecular flexibility index (Phi) is 4.51. The monoisotopic (exact) mass is 216 g/mol. The van der Waals surface area contributed by atoms with Crippen LogP contribution >= 0.6 is 0 Å². The van der Waals surface area contributed by atoms with Gasteiger partial charge in [0, 0.05) is 26.7 Å². The van der Waals surface area contributed by atoms with Gasteiger partial charge in [0.05, 0.1) is 19.8 Å². The van der Waals surface area contributed by atoms with E-state index in [-0.39, 0.29) is 13.2 Å². The molecule has 0 aromatic carbocycles. The Labute approximate surface area is 88.4 Å². The van der Waals surface area contributed by atoms with Crippen molar-refractivity contribution in [3.05, 3.63) is 0 Å². The highest BCUT2D eigenvalue weighted by Gasteiger charge is 2.29. The van der Waals surface area contributed by atoms with Crippen molar-refractivity contribution < 1.29 is 19.4 Å². The summed E-state index contributed by atoms with van der Waals surface area (Å²) >= 11 is 0. The van der Waals surface area contributed by atoms with Gasteiger partial charge in [-0.1, -0.05) is 0 Å². The molecule has 1 aliphatic rings. The first-order chi connectivity index (χ1) is 7.16. The van der Waals surface area contributed by atoms with Crippen molar-refractivity contribution in [3.8, 4) is 0 Å². The molecule has 1 rings (SSSR count). The average Bonchev–Trinajstić information content (AvgIpc) is 2.24. The normalized spacial score (nSPS) is 17.5. The zero-order valence-electron chi connectivity index (χ0n) is 8.81. The number of rotatable bonds is 5. The lowest BCUT2D eigenvalue weighted by Gasteiger charge is -2.31. The number of nitrogens with zero attached hydrogens (tertiary/aromatic N) is 2. The number of aliphatic hydroxyl groups is 1. The summed E-state index contributed by atoms with van der Waals surface area (Å²) in [5.41, 5.74) is 0. The number of aliphatic hydroxyl groups excluding tert-OH is 1. The SMILES string of the molecule is CN1CCN(CCOCCO)C(=O)C1=O. The van der Waals surface area contributed by atoms with Crippen LogP contribution in [0.25, 0.3) is 0 Å². The molecule has 1 aliphatic heterocycles. The Morgan fingerprint density at radius 1 is 1.27 bits per heavy atom. The Morgan fingerprint density at radius 3 is 2.67 bits per heavy atom. The lowest BCUT2D eigenvalue weighted by Crippen LogP contribution is -2.53. The Hall–Kier alpha value is -1.14. The third-order valence-electron chi connectivity index (χ3n) is 2.26. The number of carbonyl (C=O) groups is 2. The molecule has 6 nitrogen and oxygen atoms in total. The highest BCUT2D eigenvalue weighted by Crippen LogP contribution is 2.02. The molecule has 0 aromatic heterocycles. The van der Waals surface area contributed by atoms with E-state index in [1.54, 1.807) is 7.05 Å². The van der Waals surface area contributed by atoms with Gasteiger partial charge in [0.15, 0.2) is 0 Å². The highest BCUT2D eigenvalue weighted by molar-refractivity contribution is 6.35. The molecular formula is C9H16N2O4. The summed E-state index contributed by atoms with van der Waals surface area (Å²) in [5, 5.41) is 8.47. The molecule has 0 spiro atoms. The molecule has 1 heterocycles. The van der Waals surface area contributed by atoms with E-state index in [0.29, 0.717) is 26.2 Å². The lowest BCUT2D eigenvalue weighted by atomic mass is 10.3. The Morgan fingerprint density at radius 2 is 2.00 bits per heavy atom. The number of likely N-dealkylation sites (N-methyl/N-ethyl adjacent to an activating group) is 1. The number of hydrogen-bond acceptors (Lipinski definition) is 4. The molecule has 0 radical (unpaired) electrons. The van der Waals surface area contributed by atoms with Crippen LogP contribution in [0.15, 0.2) is 0 Å². The van der Waals surface area contributed by atoms with E-state index in [9.17, 15) is 9.59 Å². The van der Waals surface area contributed by atoms with Gasteiger partial charge in [-0.05, 0) is 0 Å². The van der Waals surface area contributed by atoms with Crippen molar-refractivity contribution in [2.24, 2.45) is 0 Å². The standard InChI is InChI=1S/C9H16N2O4/c1-10-2-3-11(9(14)8(10)13)4-6-15-7-5-12/h12H,2-7H2,1H3. The number of hydrogen-bond donors (Lipinski definition) is 1. The van der Waals surface area contributed by atoms with Gasteiger partial charge in [0.1, 0.15) is 0 Å². The van der Waals surface area contributed by atoms with Gasteiger partial charge in [-0.3, -0.25) is 9.59 Å². The maximum atomic E-state index is 11.4. The zero-order valence-corrected chi connectivity index (χ0v) is 8.81. The predicted molar refractivity (Wildman–Crippen MR) is 52.1 cm³/mol. The van der Waals surface area contributed by atoms with E-state index < -0.39 is 11.8 Å². The smallest absolute Gasteiger partial charge is 0.312 e. The van der Waals surface area contributed by atoms with Gasteiger partial charge >= 0.3 is 11.8 Å². The van der Waals surface area contributed by atoms with Crippen molar-refractivity contribution in [2.75, 3.05) is 46.5 Å². The molecule has 0 bridgehead atoms. The second-order valence-corrected chi connectivity index (χ2v) is 3.35. The maximum Gasteiger partial charge on any atom is 0.312 e. The molecule has 0 atom stereocenters. The first kappa shape index (κ1) is 11.9. The van der Waals surface area contributed by atoms with E-state index in [1.807, 2.05) is 0 Å². The molecule has 0 aliphatic carbocycles. The Balaban J connectivity index is 2.30. The van der Waals surface area contributed by atoms with E-state index in [0.717, 1.165) is 0 Å². The van der Waals surface area contributed by atoms with Crippen molar-refractivity contribution >= 4 is 11.8 Å². The third kappa shape index (κ3) is 3.17. The zero-order chi connectivity index (χ0) is 11.3. The fourth-order valence-corrected chi connectivity index (χ4v) is 1.33. The van der Waals surface area contributed by atoms with Gasteiger partial charge in [0.25, 0.3) is 0 Å². The Bertz CT molecular complexity index is 244. The molecule has 0 aromatic rings. The molecule has 86 valence electrons. The van der Waals surface area contributed by atoms with Crippen LogP contribution < -0.4 is 0 Å². The number of amides is 2. The second kappa shape index (κ2) is 5.67. The third-order valence-corrected chi connectivity index (χ3v) is 2.26. The minimum absolute atomic E-state index is 0.0321. The average molecular weight is 216 g/mol. The first-order valence-electron chi connectivity index (χ1n) is 4.89. The van der Waals surface area contributed by atoms with Gasteiger partial charge in [-0.15, -0.1) is 0 Å². The fourth-order valence-electron chi connectivity index (χ4n) is 1.33. The molecular weight excluding hydrogens is 200 g/mol. The van der Waals surface area contributed by atoms with Crippen LogP contribution in [-0.4, -0.2) is 73.2 Å². The van der Waals surface area contributed by atoms with Crippen LogP contribution in [-0.2, 0) is 14.3 Å².